The highest BCUT2D eigenvalue weighted by atomic mass is 16.6. The molecule has 0 unspecified atom stereocenters. The molecule has 0 bridgehead atoms. The number of carbonyl (C=O) groups is 1. The minimum absolute atomic E-state index is 0.156. The Morgan fingerprint density at radius 2 is 1.31 bits per heavy atom. The van der Waals surface area contributed by atoms with E-state index in [1.165, 1.54) is 57.8 Å². The van der Waals surface area contributed by atoms with Gasteiger partial charge in [0.15, 0.2) is 11.7 Å². The van der Waals surface area contributed by atoms with E-state index in [-0.39, 0.29) is 13.2 Å². The highest BCUT2D eigenvalue weighted by Crippen LogP contribution is 2.19. The summed E-state index contributed by atoms with van der Waals surface area (Å²) in [5, 5.41) is 0. The lowest BCUT2D eigenvalue weighted by molar-refractivity contribution is 0.0450. The zero-order chi connectivity index (χ0) is 25.0. The van der Waals surface area contributed by atoms with Crippen LogP contribution in [0.4, 0.5) is 0 Å². The highest BCUT2D eigenvalue weighted by Gasteiger charge is 2.09. The monoisotopic (exact) mass is 480 g/mol. The molecule has 0 spiro atoms. The third-order valence-electron chi connectivity index (χ3n) is 5.78. The molecule has 0 aliphatic rings. The molecule has 5 heteroatoms. The first-order valence-electron chi connectivity index (χ1n) is 13.1. The number of unbranched alkanes of at least 4 members (excludes halogenated alkanes) is 10. The first-order valence-corrected chi connectivity index (χ1v) is 13.1. The van der Waals surface area contributed by atoms with Crippen molar-refractivity contribution in [2.75, 3.05) is 13.2 Å². The van der Waals surface area contributed by atoms with Gasteiger partial charge in [-0.05, 0) is 42.8 Å². The van der Waals surface area contributed by atoms with Gasteiger partial charge in [-0.2, -0.15) is 0 Å². The molecule has 5 nitrogen and oxygen atoms in total. The Hall–Kier alpha value is -3.04. The summed E-state index contributed by atoms with van der Waals surface area (Å²) in [5.74, 6) is 3.02. The van der Waals surface area contributed by atoms with Crippen LogP contribution in [0.15, 0.2) is 60.4 Å². The second kappa shape index (κ2) is 18.3. The summed E-state index contributed by atoms with van der Waals surface area (Å²) in [6.07, 6.45) is 14.4. The van der Waals surface area contributed by atoms with Gasteiger partial charge in [0.2, 0.25) is 0 Å². The lowest BCUT2D eigenvalue weighted by Gasteiger charge is -2.09. The lowest BCUT2D eigenvalue weighted by atomic mass is 10.1. The first-order chi connectivity index (χ1) is 17.2. The zero-order valence-electron chi connectivity index (χ0n) is 21.1. The predicted molar refractivity (Wildman–Crippen MR) is 140 cm³/mol. The topological polar surface area (TPSA) is 61.8 Å². The fourth-order valence-electron chi connectivity index (χ4n) is 3.77. The molecule has 2 aromatic rings. The highest BCUT2D eigenvalue weighted by molar-refractivity contribution is 5.89. The van der Waals surface area contributed by atoms with Crippen molar-refractivity contribution >= 4 is 11.9 Å². The molecule has 0 saturated heterocycles. The van der Waals surface area contributed by atoms with E-state index in [4.69, 9.17) is 14.2 Å². The van der Waals surface area contributed by atoms with Crippen molar-refractivity contribution in [3.8, 4) is 11.5 Å². The molecule has 0 amide bonds. The van der Waals surface area contributed by atoms with Crippen molar-refractivity contribution in [3.05, 3.63) is 65.9 Å². The van der Waals surface area contributed by atoms with E-state index >= 15 is 0 Å². The summed E-state index contributed by atoms with van der Waals surface area (Å²) in [7, 11) is 0. The Bertz CT molecular complexity index is 869. The van der Waals surface area contributed by atoms with Crippen LogP contribution in [0.2, 0.25) is 0 Å². The van der Waals surface area contributed by atoms with Crippen LogP contribution in [0.3, 0.4) is 0 Å². The second-order valence-electron chi connectivity index (χ2n) is 8.73. The standard InChI is InChI=1S/C30H40O5/c1-2-3-4-5-6-7-8-9-10-11-13-18-29(25-31)35-28-21-19-26(20-22-28)30(32)34-24-23-33-27-16-14-12-15-17-27/h12,14-17,19-22H,2-11,13,18,23-24H2,1H3. The van der Waals surface area contributed by atoms with Crippen LogP contribution in [0.25, 0.3) is 0 Å². The van der Waals surface area contributed by atoms with Gasteiger partial charge in [-0.15, -0.1) is 0 Å². The lowest BCUT2D eigenvalue weighted by Crippen LogP contribution is -2.12. The van der Waals surface area contributed by atoms with Crippen molar-refractivity contribution in [2.24, 2.45) is 0 Å². The van der Waals surface area contributed by atoms with E-state index < -0.39 is 5.97 Å². The van der Waals surface area contributed by atoms with E-state index in [9.17, 15) is 9.59 Å². The second-order valence-corrected chi connectivity index (χ2v) is 8.73. The molecule has 0 aliphatic heterocycles. The molecule has 35 heavy (non-hydrogen) atoms. The molecule has 0 aliphatic carbocycles. The summed E-state index contributed by atoms with van der Waals surface area (Å²) >= 11 is 0. The maximum absolute atomic E-state index is 12.2. The molecule has 0 aromatic heterocycles. The molecular formula is C30H40O5. The quantitative estimate of drug-likeness (QED) is 0.0891. The normalized spacial score (nSPS) is 10.4. The first kappa shape index (κ1) is 28.2. The molecule has 0 fully saturated rings. The SMILES string of the molecule is CCCCCCCCCCCCCC(=C=O)Oc1ccc(C(=O)OCCOc2ccccc2)cc1. The largest absolute Gasteiger partial charge is 0.490 e. The van der Waals surface area contributed by atoms with Gasteiger partial charge in [-0.3, -0.25) is 0 Å². The van der Waals surface area contributed by atoms with Gasteiger partial charge >= 0.3 is 5.97 Å². The molecule has 0 N–H and O–H groups in total. The summed E-state index contributed by atoms with van der Waals surface area (Å²) in [6.45, 7) is 2.68. The summed E-state index contributed by atoms with van der Waals surface area (Å²) in [4.78, 5) is 23.5. The number of ether oxygens (including phenoxy) is 3. The summed E-state index contributed by atoms with van der Waals surface area (Å²) in [5.41, 5.74) is 0.416. The number of para-hydroxylation sites is 1. The maximum Gasteiger partial charge on any atom is 0.338 e. The smallest absolute Gasteiger partial charge is 0.338 e. The third-order valence-corrected chi connectivity index (χ3v) is 5.78. The Balaban J connectivity index is 1.57. The Morgan fingerprint density at radius 3 is 1.91 bits per heavy atom. The fourth-order valence-corrected chi connectivity index (χ4v) is 3.77. The number of allylic oxidation sites excluding steroid dienone is 1. The van der Waals surface area contributed by atoms with E-state index in [1.807, 2.05) is 36.3 Å². The molecular weight excluding hydrogens is 440 g/mol. The number of hydrogen-bond acceptors (Lipinski definition) is 5. The van der Waals surface area contributed by atoms with Crippen LogP contribution in [-0.2, 0) is 9.53 Å². The summed E-state index contributed by atoms with van der Waals surface area (Å²) < 4.78 is 16.4. The number of hydrogen-bond donors (Lipinski definition) is 0. The van der Waals surface area contributed by atoms with Gasteiger partial charge < -0.3 is 14.2 Å². The Morgan fingerprint density at radius 1 is 0.714 bits per heavy atom. The predicted octanol–water partition coefficient (Wildman–Crippen LogP) is 7.72. The number of benzene rings is 2. The molecule has 0 atom stereocenters. The van der Waals surface area contributed by atoms with Gasteiger partial charge in [0.25, 0.3) is 0 Å². The van der Waals surface area contributed by atoms with Crippen LogP contribution >= 0.6 is 0 Å². The van der Waals surface area contributed by atoms with E-state index in [2.05, 4.69) is 6.92 Å². The van der Waals surface area contributed by atoms with E-state index in [1.54, 1.807) is 24.3 Å². The van der Waals surface area contributed by atoms with Crippen molar-refractivity contribution in [1.29, 1.82) is 0 Å². The minimum atomic E-state index is -0.430. The van der Waals surface area contributed by atoms with Crippen LogP contribution in [-0.4, -0.2) is 25.1 Å². The van der Waals surface area contributed by atoms with E-state index in [0.29, 0.717) is 23.5 Å². The molecule has 0 radical (unpaired) electrons. The van der Waals surface area contributed by atoms with Gasteiger partial charge in [-0.1, -0.05) is 89.3 Å². The number of carbonyl (C=O) groups excluding carboxylic acids is 2. The molecule has 0 saturated carbocycles. The third kappa shape index (κ3) is 12.8. The molecule has 0 heterocycles. The Labute approximate surface area is 210 Å². The van der Waals surface area contributed by atoms with Crippen molar-refractivity contribution in [3.63, 3.8) is 0 Å². The van der Waals surface area contributed by atoms with E-state index in [0.717, 1.165) is 18.6 Å². The Kier molecular flexibility index (Phi) is 14.8. The zero-order valence-corrected chi connectivity index (χ0v) is 21.1. The fraction of sp³-hybridized carbons (Fsp3) is 0.500. The maximum atomic E-state index is 12.2. The molecule has 2 rings (SSSR count). The van der Waals surface area contributed by atoms with Crippen LogP contribution in [0, 0.1) is 0 Å². The van der Waals surface area contributed by atoms with Gasteiger partial charge in [0.05, 0.1) is 5.56 Å². The van der Waals surface area contributed by atoms with Gasteiger partial charge in [-0.25, -0.2) is 9.59 Å². The van der Waals surface area contributed by atoms with Crippen molar-refractivity contribution < 1.29 is 23.8 Å². The average molecular weight is 481 g/mol. The molecule has 190 valence electrons. The van der Waals surface area contributed by atoms with Crippen LogP contribution in [0.1, 0.15) is 94.3 Å². The van der Waals surface area contributed by atoms with Crippen LogP contribution < -0.4 is 9.47 Å². The van der Waals surface area contributed by atoms with Crippen molar-refractivity contribution in [2.45, 2.75) is 84.0 Å². The van der Waals surface area contributed by atoms with Gasteiger partial charge in [0, 0.05) is 6.42 Å². The number of esters is 1. The van der Waals surface area contributed by atoms with Crippen LogP contribution in [0.5, 0.6) is 11.5 Å². The average Bonchev–Trinajstić information content (AvgIpc) is 2.90. The van der Waals surface area contributed by atoms with Crippen molar-refractivity contribution in [1.82, 2.24) is 0 Å². The summed E-state index contributed by atoms with van der Waals surface area (Å²) in [6, 6.07) is 15.9. The number of rotatable bonds is 19. The van der Waals surface area contributed by atoms with Gasteiger partial charge in [0.1, 0.15) is 24.7 Å². The molecule has 2 aromatic carbocycles. The minimum Gasteiger partial charge on any atom is -0.490 e.